The zero-order valence-electron chi connectivity index (χ0n) is 17.8. The number of carbonyl (C=O) groups excluding carboxylic acids is 2. The molecule has 7 heteroatoms. The summed E-state index contributed by atoms with van der Waals surface area (Å²) in [5.41, 5.74) is 3.88. The van der Waals surface area contributed by atoms with E-state index < -0.39 is 5.91 Å². The van der Waals surface area contributed by atoms with Crippen LogP contribution in [0.3, 0.4) is 0 Å². The number of nitrogens with zero attached hydrogens (tertiary/aromatic N) is 2. The molecule has 0 aromatic heterocycles. The van der Waals surface area contributed by atoms with Crippen molar-refractivity contribution in [2.24, 2.45) is 0 Å². The molecule has 0 aliphatic carbocycles. The van der Waals surface area contributed by atoms with Gasteiger partial charge in [0.2, 0.25) is 5.91 Å². The fourth-order valence-corrected chi connectivity index (χ4v) is 4.40. The van der Waals surface area contributed by atoms with Crippen molar-refractivity contribution in [3.05, 3.63) is 107 Å². The number of amides is 2. The molecule has 0 saturated heterocycles. The molecule has 1 heterocycles. The summed E-state index contributed by atoms with van der Waals surface area (Å²) in [4.78, 5) is 26.2. The molecule has 162 valence electrons. The van der Waals surface area contributed by atoms with Gasteiger partial charge in [-0.05, 0) is 42.0 Å². The van der Waals surface area contributed by atoms with E-state index in [2.05, 4.69) is 16.7 Å². The summed E-state index contributed by atoms with van der Waals surface area (Å²) in [7, 11) is 0. The molecule has 0 unspecified atom stereocenters. The Morgan fingerprint density at radius 3 is 2.00 bits per heavy atom. The van der Waals surface area contributed by atoms with Gasteiger partial charge in [0.05, 0.1) is 5.70 Å². The lowest BCUT2D eigenvalue weighted by Gasteiger charge is -2.24. The highest BCUT2D eigenvalue weighted by molar-refractivity contribution is 8.06. The van der Waals surface area contributed by atoms with Gasteiger partial charge in [-0.3, -0.25) is 9.59 Å². The first-order chi connectivity index (χ1) is 16.1. The minimum Gasteiger partial charge on any atom is -0.326 e. The third kappa shape index (κ3) is 4.97. The quantitative estimate of drug-likeness (QED) is 0.390. The summed E-state index contributed by atoms with van der Waals surface area (Å²) >= 11 is 1.34. The summed E-state index contributed by atoms with van der Waals surface area (Å²) in [5.74, 6) is -0.680. The van der Waals surface area contributed by atoms with Crippen molar-refractivity contribution in [2.45, 2.75) is 6.92 Å². The molecule has 0 saturated carbocycles. The lowest BCUT2D eigenvalue weighted by Crippen LogP contribution is -2.22. The monoisotopic (exact) mass is 452 g/mol. The Kier molecular flexibility index (Phi) is 6.58. The molecule has 33 heavy (non-hydrogen) atoms. The Morgan fingerprint density at radius 1 is 0.848 bits per heavy atom. The van der Waals surface area contributed by atoms with Crippen LogP contribution in [0.2, 0.25) is 0 Å². The number of nitriles is 1. The summed E-state index contributed by atoms with van der Waals surface area (Å²) in [6, 6.07) is 28.3. The predicted octanol–water partition coefficient (Wildman–Crippen LogP) is 5.57. The SMILES string of the molecule is CC(=O)Nc1ccc(NC(=O)/C(C#N)=C2\SC=C(c3ccccc3)N2c2ccccc2)cc1. The van der Waals surface area contributed by atoms with Gasteiger partial charge in [0, 0.05) is 29.4 Å². The molecular weight excluding hydrogens is 432 g/mol. The molecule has 1 aliphatic heterocycles. The Bertz CT molecular complexity index is 1280. The van der Waals surface area contributed by atoms with E-state index in [1.807, 2.05) is 71.0 Å². The van der Waals surface area contributed by atoms with E-state index in [1.165, 1.54) is 18.7 Å². The third-order valence-corrected chi connectivity index (χ3v) is 5.78. The smallest absolute Gasteiger partial charge is 0.269 e. The standard InChI is InChI=1S/C26H20N4O2S/c1-18(31)28-20-12-14-21(15-13-20)29-25(32)23(16-27)26-30(22-10-6-3-7-11-22)24(17-33-26)19-8-4-2-5-9-19/h2-15,17H,1H3,(H,28,31)(H,29,32)/b26-23-. The molecule has 2 amide bonds. The van der Waals surface area contributed by atoms with Crippen molar-refractivity contribution in [3.8, 4) is 6.07 Å². The average molecular weight is 453 g/mol. The summed E-state index contributed by atoms with van der Waals surface area (Å²) < 4.78 is 0. The minimum absolute atomic E-state index is 0.0111. The maximum Gasteiger partial charge on any atom is 0.269 e. The van der Waals surface area contributed by atoms with Gasteiger partial charge in [0.15, 0.2) is 0 Å². The van der Waals surface area contributed by atoms with Crippen LogP contribution in [0.1, 0.15) is 12.5 Å². The van der Waals surface area contributed by atoms with Crippen molar-refractivity contribution in [2.75, 3.05) is 15.5 Å². The highest BCUT2D eigenvalue weighted by Gasteiger charge is 2.30. The van der Waals surface area contributed by atoms with Crippen LogP contribution in [0, 0.1) is 11.3 Å². The van der Waals surface area contributed by atoms with Crippen LogP contribution >= 0.6 is 11.8 Å². The summed E-state index contributed by atoms with van der Waals surface area (Å²) in [6.45, 7) is 1.43. The van der Waals surface area contributed by atoms with Gasteiger partial charge in [-0.2, -0.15) is 5.26 Å². The van der Waals surface area contributed by atoms with E-state index in [4.69, 9.17) is 0 Å². The maximum atomic E-state index is 13.1. The summed E-state index contributed by atoms with van der Waals surface area (Å²) in [6.07, 6.45) is 0. The van der Waals surface area contributed by atoms with Gasteiger partial charge in [-0.15, -0.1) is 0 Å². The number of rotatable bonds is 5. The lowest BCUT2D eigenvalue weighted by molar-refractivity contribution is -0.114. The molecule has 0 fully saturated rings. The molecule has 3 aromatic carbocycles. The molecule has 0 bridgehead atoms. The molecule has 0 spiro atoms. The van der Waals surface area contributed by atoms with Crippen LogP contribution in [-0.4, -0.2) is 11.8 Å². The molecule has 6 nitrogen and oxygen atoms in total. The first kappa shape index (κ1) is 21.9. The van der Waals surface area contributed by atoms with Crippen molar-refractivity contribution in [3.63, 3.8) is 0 Å². The molecule has 1 aliphatic rings. The first-order valence-electron chi connectivity index (χ1n) is 10.2. The second-order valence-corrected chi connectivity index (χ2v) is 8.02. The third-order valence-electron chi connectivity index (χ3n) is 4.83. The molecule has 2 N–H and O–H groups in total. The number of carbonyl (C=O) groups is 2. The maximum absolute atomic E-state index is 13.1. The van der Waals surface area contributed by atoms with Crippen LogP contribution in [0.25, 0.3) is 5.70 Å². The molecule has 4 rings (SSSR count). The van der Waals surface area contributed by atoms with Crippen molar-refractivity contribution < 1.29 is 9.59 Å². The fourth-order valence-electron chi connectivity index (χ4n) is 3.37. The second-order valence-electron chi connectivity index (χ2n) is 7.16. The number of benzene rings is 3. The van der Waals surface area contributed by atoms with E-state index in [9.17, 15) is 14.9 Å². The van der Waals surface area contributed by atoms with E-state index >= 15 is 0 Å². The van der Waals surface area contributed by atoms with Gasteiger partial charge in [0.25, 0.3) is 5.91 Å². The highest BCUT2D eigenvalue weighted by Crippen LogP contribution is 2.44. The topological polar surface area (TPSA) is 85.2 Å². The normalized spacial score (nSPS) is 14.2. The Morgan fingerprint density at radius 2 is 1.42 bits per heavy atom. The van der Waals surface area contributed by atoms with Gasteiger partial charge >= 0.3 is 0 Å². The highest BCUT2D eigenvalue weighted by atomic mass is 32.2. The number of anilines is 3. The van der Waals surface area contributed by atoms with Crippen LogP contribution in [-0.2, 0) is 9.59 Å². The van der Waals surface area contributed by atoms with E-state index in [-0.39, 0.29) is 11.5 Å². The number of hydrogen-bond donors (Lipinski definition) is 2. The van der Waals surface area contributed by atoms with Crippen LogP contribution < -0.4 is 15.5 Å². The van der Waals surface area contributed by atoms with Crippen LogP contribution in [0.5, 0.6) is 0 Å². The van der Waals surface area contributed by atoms with Crippen molar-refractivity contribution >= 4 is 46.3 Å². The van der Waals surface area contributed by atoms with E-state index in [1.54, 1.807) is 24.3 Å². The van der Waals surface area contributed by atoms with Gasteiger partial charge < -0.3 is 15.5 Å². The molecule has 0 atom stereocenters. The molecular formula is C26H20N4O2S. The Hall–Kier alpha value is -4.28. The average Bonchev–Trinajstić information content (AvgIpc) is 3.26. The number of nitrogens with one attached hydrogen (secondary N) is 2. The largest absolute Gasteiger partial charge is 0.326 e. The van der Waals surface area contributed by atoms with Gasteiger partial charge in [-0.1, -0.05) is 60.3 Å². The second kappa shape index (κ2) is 9.90. The fraction of sp³-hybridized carbons (Fsp3) is 0.0385. The molecule has 0 radical (unpaired) electrons. The Balaban J connectivity index is 1.66. The van der Waals surface area contributed by atoms with Gasteiger partial charge in [-0.25, -0.2) is 0 Å². The number of hydrogen-bond acceptors (Lipinski definition) is 5. The van der Waals surface area contributed by atoms with Gasteiger partial charge in [0.1, 0.15) is 16.7 Å². The predicted molar refractivity (Wildman–Crippen MR) is 133 cm³/mol. The zero-order valence-corrected chi connectivity index (χ0v) is 18.6. The van der Waals surface area contributed by atoms with E-state index in [0.717, 1.165) is 16.9 Å². The van der Waals surface area contributed by atoms with E-state index in [0.29, 0.717) is 16.4 Å². The number of para-hydroxylation sites is 1. The number of thioether (sulfide) groups is 1. The van der Waals surface area contributed by atoms with Crippen LogP contribution in [0.4, 0.5) is 17.1 Å². The molecule has 3 aromatic rings. The first-order valence-corrected chi connectivity index (χ1v) is 11.1. The van der Waals surface area contributed by atoms with Crippen molar-refractivity contribution in [1.29, 1.82) is 5.26 Å². The lowest BCUT2D eigenvalue weighted by atomic mass is 10.1. The summed E-state index contributed by atoms with van der Waals surface area (Å²) in [5, 5.41) is 17.9. The zero-order chi connectivity index (χ0) is 23.2. The van der Waals surface area contributed by atoms with Crippen LogP contribution in [0.15, 0.2) is 101 Å². The minimum atomic E-state index is -0.504. The Labute approximate surface area is 196 Å². The van der Waals surface area contributed by atoms with Crippen molar-refractivity contribution in [1.82, 2.24) is 0 Å².